The van der Waals surface area contributed by atoms with Gasteiger partial charge in [-0.15, -0.1) is 0 Å². The van der Waals surface area contributed by atoms with Crippen molar-refractivity contribution in [3.05, 3.63) is 30.0 Å². The van der Waals surface area contributed by atoms with Crippen LogP contribution in [0.4, 0.5) is 5.69 Å². The number of hydrogen-bond acceptors (Lipinski definition) is 1. The van der Waals surface area contributed by atoms with Crippen LogP contribution in [0.1, 0.15) is 5.76 Å². The Labute approximate surface area is 64.6 Å². The molecule has 0 aliphatic rings. The monoisotopic (exact) mass is 148 g/mol. The van der Waals surface area contributed by atoms with Gasteiger partial charge in [0, 0.05) is 17.5 Å². The van der Waals surface area contributed by atoms with Crippen molar-refractivity contribution in [2.24, 2.45) is 0 Å². The summed E-state index contributed by atoms with van der Waals surface area (Å²) in [5.74, 6) is 0.950. The molecule has 0 fully saturated rings. The van der Waals surface area contributed by atoms with Crippen LogP contribution < -0.4 is 5.73 Å². The Morgan fingerprint density at radius 1 is 1.27 bits per heavy atom. The van der Waals surface area contributed by atoms with E-state index in [0.29, 0.717) is 0 Å². The molecule has 2 rings (SSSR count). The van der Waals surface area contributed by atoms with Gasteiger partial charge in [0.15, 0.2) is 0 Å². The molecule has 0 aliphatic heterocycles. The molecule has 0 aliphatic carbocycles. The van der Waals surface area contributed by atoms with Crippen molar-refractivity contribution in [2.45, 2.75) is 6.92 Å². The van der Waals surface area contributed by atoms with Gasteiger partial charge in [0.05, 0.1) is 0 Å². The lowest BCUT2D eigenvalue weighted by molar-refractivity contribution is -0.254. The van der Waals surface area contributed by atoms with E-state index in [-0.39, 0.29) is 0 Å². The fourth-order valence-corrected chi connectivity index (χ4v) is 1.23. The molecule has 2 nitrogen and oxygen atoms in total. The predicted molar refractivity (Wildman–Crippen MR) is 43.5 cm³/mol. The van der Waals surface area contributed by atoms with Gasteiger partial charge in [-0.05, 0) is 19.1 Å². The molecule has 2 heteroatoms. The van der Waals surface area contributed by atoms with Crippen LogP contribution in [0.5, 0.6) is 0 Å². The average molecular weight is 148 g/mol. The van der Waals surface area contributed by atoms with Crippen molar-refractivity contribution >= 4 is 16.7 Å². The molecule has 0 saturated carbocycles. The van der Waals surface area contributed by atoms with Crippen molar-refractivity contribution < 1.29 is 10.2 Å². The van der Waals surface area contributed by atoms with Gasteiger partial charge in [-0.2, -0.15) is 0 Å². The van der Waals surface area contributed by atoms with E-state index in [4.69, 9.17) is 4.42 Å². The Balaban J connectivity index is 2.82. The lowest BCUT2D eigenvalue weighted by Crippen LogP contribution is -2.39. The van der Waals surface area contributed by atoms with Crippen LogP contribution in [0.2, 0.25) is 0 Å². The zero-order valence-corrected chi connectivity index (χ0v) is 6.42. The maximum atomic E-state index is 5.40. The van der Waals surface area contributed by atoms with E-state index in [0.717, 1.165) is 22.4 Å². The molecular formula is C9H10NO+. The molecule has 0 amide bonds. The highest BCUT2D eigenvalue weighted by Gasteiger charge is 1.99. The second-order valence-corrected chi connectivity index (χ2v) is 2.73. The molecule has 2 aromatic rings. The molecule has 0 bridgehead atoms. The summed E-state index contributed by atoms with van der Waals surface area (Å²) in [4.78, 5) is 0. The van der Waals surface area contributed by atoms with E-state index < -0.39 is 0 Å². The van der Waals surface area contributed by atoms with Crippen molar-refractivity contribution in [1.82, 2.24) is 0 Å². The van der Waals surface area contributed by atoms with E-state index in [1.807, 2.05) is 31.2 Å². The van der Waals surface area contributed by atoms with Gasteiger partial charge in [-0.1, -0.05) is 0 Å². The highest BCUT2D eigenvalue weighted by atomic mass is 16.3. The fourth-order valence-electron chi connectivity index (χ4n) is 1.23. The lowest BCUT2D eigenvalue weighted by Gasteiger charge is -1.86. The van der Waals surface area contributed by atoms with E-state index in [9.17, 15) is 0 Å². The molecular weight excluding hydrogens is 138 g/mol. The lowest BCUT2D eigenvalue weighted by atomic mass is 10.2. The smallest absolute Gasteiger partial charge is 0.134 e. The van der Waals surface area contributed by atoms with Gasteiger partial charge in [-0.25, -0.2) is 0 Å². The molecule has 11 heavy (non-hydrogen) atoms. The molecule has 0 radical (unpaired) electrons. The van der Waals surface area contributed by atoms with E-state index >= 15 is 0 Å². The third kappa shape index (κ3) is 1.01. The number of furan rings is 1. The van der Waals surface area contributed by atoms with Gasteiger partial charge in [0.25, 0.3) is 0 Å². The third-order valence-corrected chi connectivity index (χ3v) is 1.70. The Bertz CT molecular complexity index is 389. The van der Waals surface area contributed by atoms with E-state index in [2.05, 4.69) is 5.73 Å². The normalized spacial score (nSPS) is 10.7. The van der Waals surface area contributed by atoms with Gasteiger partial charge in [0.1, 0.15) is 17.0 Å². The van der Waals surface area contributed by atoms with Crippen molar-refractivity contribution in [3.8, 4) is 0 Å². The SMILES string of the molecule is Cc1cc2cc([NH3+])ccc2o1. The summed E-state index contributed by atoms with van der Waals surface area (Å²) >= 11 is 0. The molecule has 3 N–H and O–H groups in total. The van der Waals surface area contributed by atoms with Crippen molar-refractivity contribution in [2.75, 3.05) is 0 Å². The summed E-state index contributed by atoms with van der Waals surface area (Å²) < 4.78 is 5.40. The first kappa shape index (κ1) is 6.43. The minimum absolute atomic E-state index is 0.940. The number of benzene rings is 1. The zero-order chi connectivity index (χ0) is 7.84. The molecule has 0 saturated heterocycles. The minimum Gasteiger partial charge on any atom is -0.461 e. The number of aryl methyl sites for hydroxylation is 1. The van der Waals surface area contributed by atoms with Crippen molar-refractivity contribution in [1.29, 1.82) is 0 Å². The number of fused-ring (bicyclic) bond motifs is 1. The topological polar surface area (TPSA) is 40.8 Å². The van der Waals surface area contributed by atoms with Crippen LogP contribution in [0.3, 0.4) is 0 Å². The minimum atomic E-state index is 0.940. The first-order valence-corrected chi connectivity index (χ1v) is 3.58. The standard InChI is InChI=1S/C9H9NO/c1-6-4-7-5-8(10)2-3-9(7)11-6/h2-5H,10H2,1H3/p+1. The van der Waals surface area contributed by atoms with Gasteiger partial charge < -0.3 is 10.2 Å². The van der Waals surface area contributed by atoms with Crippen LogP contribution in [0.25, 0.3) is 11.0 Å². The average Bonchev–Trinajstić information content (AvgIpc) is 2.27. The van der Waals surface area contributed by atoms with Crippen LogP contribution in [-0.4, -0.2) is 0 Å². The van der Waals surface area contributed by atoms with Gasteiger partial charge >= 0.3 is 0 Å². The fraction of sp³-hybridized carbons (Fsp3) is 0.111. The quantitative estimate of drug-likeness (QED) is 0.605. The number of rotatable bonds is 0. The van der Waals surface area contributed by atoms with E-state index in [1.165, 1.54) is 0 Å². The summed E-state index contributed by atoms with van der Waals surface area (Å²) in [6, 6.07) is 7.94. The molecule has 0 atom stereocenters. The second kappa shape index (κ2) is 2.10. The van der Waals surface area contributed by atoms with Crippen molar-refractivity contribution in [3.63, 3.8) is 0 Å². The Hall–Kier alpha value is -1.28. The summed E-state index contributed by atoms with van der Waals surface area (Å²) in [6.07, 6.45) is 0. The van der Waals surface area contributed by atoms with Crippen LogP contribution >= 0.6 is 0 Å². The summed E-state index contributed by atoms with van der Waals surface area (Å²) in [6.45, 7) is 1.95. The first-order valence-electron chi connectivity index (χ1n) is 3.58. The maximum absolute atomic E-state index is 5.40. The number of quaternary nitrogens is 1. The zero-order valence-electron chi connectivity index (χ0n) is 6.42. The third-order valence-electron chi connectivity index (χ3n) is 1.70. The molecule has 56 valence electrons. The summed E-state index contributed by atoms with van der Waals surface area (Å²) in [7, 11) is 0. The summed E-state index contributed by atoms with van der Waals surface area (Å²) in [5.41, 5.74) is 5.80. The first-order chi connectivity index (χ1) is 5.25. The predicted octanol–water partition coefficient (Wildman–Crippen LogP) is 1.61. The van der Waals surface area contributed by atoms with Crippen LogP contribution in [0.15, 0.2) is 28.7 Å². The largest absolute Gasteiger partial charge is 0.461 e. The Kier molecular flexibility index (Phi) is 1.23. The second-order valence-electron chi connectivity index (χ2n) is 2.73. The Morgan fingerprint density at radius 3 is 2.91 bits per heavy atom. The molecule has 0 spiro atoms. The van der Waals surface area contributed by atoms with Crippen LogP contribution in [0, 0.1) is 6.92 Å². The molecule has 0 unspecified atom stereocenters. The Morgan fingerprint density at radius 2 is 2.09 bits per heavy atom. The van der Waals surface area contributed by atoms with Gasteiger partial charge in [-0.3, -0.25) is 0 Å². The molecule has 1 heterocycles. The maximum Gasteiger partial charge on any atom is 0.134 e. The summed E-state index contributed by atoms with van der Waals surface area (Å²) in [5, 5.41) is 1.13. The van der Waals surface area contributed by atoms with Gasteiger partial charge in [0.2, 0.25) is 0 Å². The highest BCUT2D eigenvalue weighted by Crippen LogP contribution is 2.19. The molecule has 1 aromatic heterocycles. The highest BCUT2D eigenvalue weighted by molar-refractivity contribution is 5.80. The van der Waals surface area contributed by atoms with Crippen LogP contribution in [-0.2, 0) is 0 Å². The van der Waals surface area contributed by atoms with E-state index in [1.54, 1.807) is 0 Å². The molecule has 1 aromatic carbocycles. The number of hydrogen-bond donors (Lipinski definition) is 1.